The van der Waals surface area contributed by atoms with Crippen molar-refractivity contribution in [1.82, 2.24) is 14.4 Å². The van der Waals surface area contributed by atoms with Gasteiger partial charge in [-0.1, -0.05) is 6.07 Å². The molecule has 2 N–H and O–H groups in total. The number of aromatic nitrogens is 3. The number of imidazole rings is 1. The molecule has 0 aliphatic carbocycles. The molecule has 0 fully saturated rings. The summed E-state index contributed by atoms with van der Waals surface area (Å²) < 4.78 is 1.96. The number of hydrogen-bond donors (Lipinski definition) is 1. The molecule has 4 heteroatoms. The largest absolute Gasteiger partial charge is 0.384 e. The summed E-state index contributed by atoms with van der Waals surface area (Å²) in [6.07, 6.45) is 2.01. The number of rotatable bonds is 0. The molecule has 0 spiro atoms. The second-order valence-electron chi connectivity index (χ2n) is 3.63. The SMILES string of the molecule is Cc1ccc2nc3ccc(N)nc3n2c1. The van der Waals surface area contributed by atoms with Crippen LogP contribution in [0.1, 0.15) is 5.56 Å². The third-order valence-corrected chi connectivity index (χ3v) is 2.41. The third kappa shape index (κ3) is 1.15. The Kier molecular flexibility index (Phi) is 1.48. The molecule has 0 unspecified atom stereocenters. The second kappa shape index (κ2) is 2.70. The number of pyridine rings is 2. The summed E-state index contributed by atoms with van der Waals surface area (Å²) in [6, 6.07) is 7.67. The highest BCUT2D eigenvalue weighted by atomic mass is 15.1. The van der Waals surface area contributed by atoms with Gasteiger partial charge in [0, 0.05) is 6.20 Å². The van der Waals surface area contributed by atoms with Crippen molar-refractivity contribution in [3.05, 3.63) is 36.0 Å². The first-order chi connectivity index (χ1) is 7.24. The molecule has 3 rings (SSSR count). The van der Waals surface area contributed by atoms with Crippen molar-refractivity contribution in [3.8, 4) is 0 Å². The Bertz CT molecular complexity index is 598. The maximum atomic E-state index is 5.66. The van der Waals surface area contributed by atoms with Crippen molar-refractivity contribution >= 4 is 22.6 Å². The lowest BCUT2D eigenvalue weighted by molar-refractivity contribution is 1.16. The Labute approximate surface area is 86.4 Å². The fourth-order valence-corrected chi connectivity index (χ4v) is 1.70. The summed E-state index contributed by atoms with van der Waals surface area (Å²) in [5.41, 5.74) is 9.41. The van der Waals surface area contributed by atoms with E-state index in [1.807, 2.05) is 35.7 Å². The van der Waals surface area contributed by atoms with Crippen molar-refractivity contribution in [2.45, 2.75) is 6.92 Å². The zero-order chi connectivity index (χ0) is 10.4. The highest BCUT2D eigenvalue weighted by molar-refractivity contribution is 5.78. The van der Waals surface area contributed by atoms with Gasteiger partial charge in [-0.25, -0.2) is 9.97 Å². The predicted octanol–water partition coefficient (Wildman–Crippen LogP) is 1.77. The van der Waals surface area contributed by atoms with Crippen LogP contribution in [0.15, 0.2) is 30.5 Å². The smallest absolute Gasteiger partial charge is 0.166 e. The van der Waals surface area contributed by atoms with Crippen LogP contribution in [0.25, 0.3) is 16.8 Å². The topological polar surface area (TPSA) is 56.2 Å². The molecule has 0 amide bonds. The van der Waals surface area contributed by atoms with E-state index in [0.29, 0.717) is 5.82 Å². The van der Waals surface area contributed by atoms with Crippen LogP contribution in [0.3, 0.4) is 0 Å². The van der Waals surface area contributed by atoms with Gasteiger partial charge in [0.15, 0.2) is 5.65 Å². The van der Waals surface area contributed by atoms with Gasteiger partial charge in [-0.3, -0.25) is 4.40 Å². The van der Waals surface area contributed by atoms with E-state index in [4.69, 9.17) is 5.73 Å². The van der Waals surface area contributed by atoms with Gasteiger partial charge in [0.1, 0.15) is 17.0 Å². The molecule has 4 nitrogen and oxygen atoms in total. The van der Waals surface area contributed by atoms with Crippen LogP contribution < -0.4 is 5.73 Å². The van der Waals surface area contributed by atoms with Crippen LogP contribution in [-0.4, -0.2) is 14.4 Å². The van der Waals surface area contributed by atoms with Crippen LogP contribution in [0.5, 0.6) is 0 Å². The van der Waals surface area contributed by atoms with Gasteiger partial charge in [0.2, 0.25) is 0 Å². The summed E-state index contributed by atoms with van der Waals surface area (Å²) in [7, 11) is 0. The van der Waals surface area contributed by atoms with Crippen LogP contribution in [0, 0.1) is 6.92 Å². The first-order valence-corrected chi connectivity index (χ1v) is 4.75. The lowest BCUT2D eigenvalue weighted by Crippen LogP contribution is -1.92. The first kappa shape index (κ1) is 8.23. The number of aryl methyl sites for hydroxylation is 1. The lowest BCUT2D eigenvalue weighted by Gasteiger charge is -1.96. The molecule has 3 heterocycles. The maximum Gasteiger partial charge on any atom is 0.166 e. The number of hydrogen-bond acceptors (Lipinski definition) is 3. The zero-order valence-corrected chi connectivity index (χ0v) is 8.31. The van der Waals surface area contributed by atoms with Gasteiger partial charge in [0.05, 0.1) is 0 Å². The lowest BCUT2D eigenvalue weighted by atomic mass is 10.3. The quantitative estimate of drug-likeness (QED) is 0.599. The fourth-order valence-electron chi connectivity index (χ4n) is 1.70. The van der Waals surface area contributed by atoms with E-state index in [9.17, 15) is 0 Å². The van der Waals surface area contributed by atoms with E-state index in [2.05, 4.69) is 9.97 Å². The van der Waals surface area contributed by atoms with Gasteiger partial charge in [-0.15, -0.1) is 0 Å². The molecular formula is C11H10N4. The van der Waals surface area contributed by atoms with E-state index in [-0.39, 0.29) is 0 Å². The van der Waals surface area contributed by atoms with Crippen molar-refractivity contribution in [2.24, 2.45) is 0 Å². The van der Waals surface area contributed by atoms with E-state index < -0.39 is 0 Å². The van der Waals surface area contributed by atoms with Crippen LogP contribution in [0.4, 0.5) is 5.82 Å². The fraction of sp³-hybridized carbons (Fsp3) is 0.0909. The molecular weight excluding hydrogens is 188 g/mol. The molecule has 0 aliphatic heterocycles. The monoisotopic (exact) mass is 198 g/mol. The molecule has 3 aromatic heterocycles. The number of nitrogens with two attached hydrogens (primary N) is 1. The summed E-state index contributed by atoms with van der Waals surface area (Å²) in [4.78, 5) is 8.73. The second-order valence-corrected chi connectivity index (χ2v) is 3.63. The molecule has 74 valence electrons. The predicted molar refractivity (Wildman–Crippen MR) is 59.6 cm³/mol. The molecule has 0 saturated heterocycles. The molecule has 15 heavy (non-hydrogen) atoms. The van der Waals surface area contributed by atoms with E-state index in [1.54, 1.807) is 6.07 Å². The van der Waals surface area contributed by atoms with E-state index in [1.165, 1.54) is 5.56 Å². The molecule has 3 aromatic rings. The molecule has 0 atom stereocenters. The average Bonchev–Trinajstić information content (AvgIpc) is 2.56. The molecule has 0 aliphatic rings. The molecule has 0 saturated carbocycles. The summed E-state index contributed by atoms with van der Waals surface area (Å²) in [6.45, 7) is 2.04. The Balaban J connectivity index is 2.55. The Morgan fingerprint density at radius 2 is 2.00 bits per heavy atom. The Morgan fingerprint density at radius 3 is 2.87 bits per heavy atom. The van der Waals surface area contributed by atoms with Gasteiger partial charge < -0.3 is 5.73 Å². The van der Waals surface area contributed by atoms with Crippen molar-refractivity contribution in [1.29, 1.82) is 0 Å². The van der Waals surface area contributed by atoms with Gasteiger partial charge >= 0.3 is 0 Å². The number of nitrogen functional groups attached to an aromatic ring is 1. The van der Waals surface area contributed by atoms with Crippen LogP contribution >= 0.6 is 0 Å². The standard InChI is InChI=1S/C11H10N4/c1-7-2-5-10-13-8-3-4-9(12)14-11(8)15(10)6-7/h2-6H,1H3,(H2,12,14). The summed E-state index contributed by atoms with van der Waals surface area (Å²) >= 11 is 0. The van der Waals surface area contributed by atoms with Gasteiger partial charge in [0.25, 0.3) is 0 Å². The van der Waals surface area contributed by atoms with Crippen LogP contribution in [-0.2, 0) is 0 Å². The Hall–Kier alpha value is -2.10. The maximum absolute atomic E-state index is 5.66. The van der Waals surface area contributed by atoms with Crippen molar-refractivity contribution in [3.63, 3.8) is 0 Å². The Morgan fingerprint density at radius 1 is 1.13 bits per heavy atom. The minimum absolute atomic E-state index is 0.519. The summed E-state index contributed by atoms with van der Waals surface area (Å²) in [5, 5.41) is 0. The number of anilines is 1. The highest BCUT2D eigenvalue weighted by Crippen LogP contribution is 2.16. The normalized spacial score (nSPS) is 11.3. The summed E-state index contributed by atoms with van der Waals surface area (Å²) in [5.74, 6) is 0.519. The van der Waals surface area contributed by atoms with Gasteiger partial charge in [-0.05, 0) is 30.7 Å². The van der Waals surface area contributed by atoms with Crippen molar-refractivity contribution < 1.29 is 0 Å². The van der Waals surface area contributed by atoms with E-state index >= 15 is 0 Å². The van der Waals surface area contributed by atoms with Gasteiger partial charge in [-0.2, -0.15) is 0 Å². The van der Waals surface area contributed by atoms with Crippen molar-refractivity contribution in [2.75, 3.05) is 5.73 Å². The highest BCUT2D eigenvalue weighted by Gasteiger charge is 2.05. The number of nitrogens with zero attached hydrogens (tertiary/aromatic N) is 3. The average molecular weight is 198 g/mol. The first-order valence-electron chi connectivity index (χ1n) is 4.75. The van der Waals surface area contributed by atoms with E-state index in [0.717, 1.165) is 16.8 Å². The third-order valence-electron chi connectivity index (χ3n) is 2.41. The van der Waals surface area contributed by atoms with Crippen LogP contribution in [0.2, 0.25) is 0 Å². The zero-order valence-electron chi connectivity index (χ0n) is 8.31. The minimum Gasteiger partial charge on any atom is -0.384 e. The number of fused-ring (bicyclic) bond motifs is 3. The molecule has 0 radical (unpaired) electrons. The molecule has 0 bridgehead atoms. The minimum atomic E-state index is 0.519. The molecule has 0 aromatic carbocycles.